The Morgan fingerprint density at radius 1 is 1.07 bits per heavy atom. The van der Waals surface area contributed by atoms with Gasteiger partial charge in [-0.3, -0.25) is 4.79 Å². The van der Waals surface area contributed by atoms with E-state index in [0.717, 1.165) is 0 Å². The molecular formula is C17H31NO9. The number of rotatable bonds is 6. The van der Waals surface area contributed by atoms with Crippen molar-refractivity contribution in [2.75, 3.05) is 13.7 Å². The molecule has 2 fully saturated rings. The first-order chi connectivity index (χ1) is 12.7. The largest absolute Gasteiger partial charge is 0.394 e. The van der Waals surface area contributed by atoms with Crippen LogP contribution in [0.1, 0.15) is 27.2 Å². The fourth-order valence-electron chi connectivity index (χ4n) is 3.55. The summed E-state index contributed by atoms with van der Waals surface area (Å²) in [5, 5.41) is 43.5. The molecule has 10 atom stereocenters. The first kappa shape index (κ1) is 22.4. The molecule has 1 amide bonds. The van der Waals surface area contributed by atoms with Crippen LogP contribution in [-0.2, 0) is 23.7 Å². The van der Waals surface area contributed by atoms with Gasteiger partial charge < -0.3 is 44.7 Å². The lowest BCUT2D eigenvalue weighted by Crippen LogP contribution is -2.66. The van der Waals surface area contributed by atoms with E-state index in [1.165, 1.54) is 14.0 Å². The van der Waals surface area contributed by atoms with Gasteiger partial charge in [-0.15, -0.1) is 0 Å². The van der Waals surface area contributed by atoms with E-state index in [0.29, 0.717) is 6.42 Å². The van der Waals surface area contributed by atoms with E-state index in [1.54, 1.807) is 6.92 Å². The second kappa shape index (κ2) is 9.57. The Labute approximate surface area is 158 Å². The molecular weight excluding hydrogens is 362 g/mol. The Kier molecular flexibility index (Phi) is 7.95. The summed E-state index contributed by atoms with van der Waals surface area (Å²) < 4.78 is 22.2. The Morgan fingerprint density at radius 2 is 1.70 bits per heavy atom. The molecule has 2 heterocycles. The van der Waals surface area contributed by atoms with Crippen molar-refractivity contribution in [3.05, 3.63) is 0 Å². The van der Waals surface area contributed by atoms with E-state index in [1.807, 2.05) is 6.92 Å². The Morgan fingerprint density at radius 3 is 2.22 bits per heavy atom. The van der Waals surface area contributed by atoms with Crippen LogP contribution < -0.4 is 5.32 Å². The molecule has 0 spiro atoms. The molecule has 10 heteroatoms. The normalized spacial score (nSPS) is 45.5. The number of ether oxygens (including phenoxy) is 4. The molecule has 0 aromatic heterocycles. The first-order valence-corrected chi connectivity index (χ1v) is 9.16. The molecule has 0 radical (unpaired) electrons. The van der Waals surface area contributed by atoms with Crippen molar-refractivity contribution >= 4 is 5.91 Å². The molecule has 2 rings (SSSR count). The number of methoxy groups -OCH3 is 1. The van der Waals surface area contributed by atoms with Crippen molar-refractivity contribution in [3.8, 4) is 0 Å². The topological polar surface area (TPSA) is 147 Å². The molecule has 10 unspecified atom stereocenters. The van der Waals surface area contributed by atoms with Crippen molar-refractivity contribution < 1.29 is 44.2 Å². The van der Waals surface area contributed by atoms with Gasteiger partial charge >= 0.3 is 0 Å². The fourth-order valence-corrected chi connectivity index (χ4v) is 3.55. The van der Waals surface area contributed by atoms with Gasteiger partial charge in [-0.1, -0.05) is 13.8 Å². The van der Waals surface area contributed by atoms with Crippen LogP contribution in [-0.4, -0.2) is 95.3 Å². The summed E-state index contributed by atoms with van der Waals surface area (Å²) in [4.78, 5) is 11.5. The number of carbonyl (C=O) groups is 1. The van der Waals surface area contributed by atoms with Crippen LogP contribution in [0.3, 0.4) is 0 Å². The van der Waals surface area contributed by atoms with Crippen LogP contribution in [0.5, 0.6) is 0 Å². The highest BCUT2D eigenvalue weighted by atomic mass is 16.7. The van der Waals surface area contributed by atoms with Crippen molar-refractivity contribution in [2.24, 2.45) is 5.92 Å². The van der Waals surface area contributed by atoms with Crippen LogP contribution >= 0.6 is 0 Å². The van der Waals surface area contributed by atoms with Gasteiger partial charge in [0, 0.05) is 20.0 Å². The average molecular weight is 393 g/mol. The quantitative estimate of drug-likeness (QED) is 0.349. The first-order valence-electron chi connectivity index (χ1n) is 9.16. The van der Waals surface area contributed by atoms with Gasteiger partial charge in [-0.2, -0.15) is 0 Å². The molecule has 0 bridgehead atoms. The zero-order chi connectivity index (χ0) is 20.3. The lowest BCUT2D eigenvalue weighted by atomic mass is 9.89. The minimum absolute atomic E-state index is 0.400. The smallest absolute Gasteiger partial charge is 0.217 e. The maximum atomic E-state index is 11.5. The number of hydrogen-bond donors (Lipinski definition) is 5. The molecule has 10 nitrogen and oxygen atoms in total. The fraction of sp³-hybridized carbons (Fsp3) is 0.941. The van der Waals surface area contributed by atoms with Gasteiger partial charge in [-0.25, -0.2) is 0 Å². The zero-order valence-corrected chi connectivity index (χ0v) is 16.0. The second-order valence-corrected chi connectivity index (χ2v) is 7.07. The van der Waals surface area contributed by atoms with E-state index in [-0.39, 0.29) is 0 Å². The summed E-state index contributed by atoms with van der Waals surface area (Å²) in [6, 6.07) is -0.939. The molecule has 0 aliphatic carbocycles. The maximum Gasteiger partial charge on any atom is 0.217 e. The number of nitrogens with one attached hydrogen (secondary N) is 1. The highest BCUT2D eigenvalue weighted by Crippen LogP contribution is 2.32. The zero-order valence-electron chi connectivity index (χ0n) is 16.0. The minimum Gasteiger partial charge on any atom is -0.394 e. The Balaban J connectivity index is 2.19. The van der Waals surface area contributed by atoms with E-state index >= 15 is 0 Å². The third-order valence-electron chi connectivity index (χ3n) is 5.19. The predicted molar refractivity (Wildman–Crippen MR) is 91.4 cm³/mol. The molecule has 0 saturated carbocycles. The number of hydrogen-bond acceptors (Lipinski definition) is 9. The predicted octanol–water partition coefficient (Wildman–Crippen LogP) is -1.91. The summed E-state index contributed by atoms with van der Waals surface area (Å²) in [7, 11) is 1.35. The molecule has 158 valence electrons. The standard InChI is InChI=1S/C17H31NO9/c1-5-9-12(21)7(2)13(22)17(25-9)27-15-10(6-19)26-16(24-4)11(14(15)23)18-8(3)20/h7,9-17,19,21-23H,5-6H2,1-4H3,(H,18,20). The van der Waals surface area contributed by atoms with Crippen LogP contribution in [0.25, 0.3) is 0 Å². The van der Waals surface area contributed by atoms with E-state index in [2.05, 4.69) is 5.32 Å². The van der Waals surface area contributed by atoms with Crippen molar-refractivity contribution in [1.82, 2.24) is 5.32 Å². The SMILES string of the molecule is CCC1OC(OC2C(CO)OC(OC)C(NC(C)=O)C2O)C(O)C(C)C1O. The lowest BCUT2D eigenvalue weighted by molar-refractivity contribution is -0.339. The van der Waals surface area contributed by atoms with Crippen molar-refractivity contribution in [3.63, 3.8) is 0 Å². The number of amides is 1. The summed E-state index contributed by atoms with van der Waals surface area (Å²) in [5.74, 6) is -0.913. The average Bonchev–Trinajstić information content (AvgIpc) is 2.64. The molecule has 0 aromatic carbocycles. The van der Waals surface area contributed by atoms with Crippen LogP contribution in [0.2, 0.25) is 0 Å². The molecule has 2 aliphatic heterocycles. The Bertz CT molecular complexity index is 491. The summed E-state index contributed by atoms with van der Waals surface area (Å²) in [6.07, 6.45) is -7.50. The summed E-state index contributed by atoms with van der Waals surface area (Å²) in [6.45, 7) is 4.32. The van der Waals surface area contributed by atoms with Crippen LogP contribution in [0, 0.1) is 5.92 Å². The number of aliphatic hydroxyl groups is 4. The maximum absolute atomic E-state index is 11.5. The molecule has 27 heavy (non-hydrogen) atoms. The lowest BCUT2D eigenvalue weighted by Gasteiger charge is -2.47. The molecule has 2 saturated heterocycles. The number of aliphatic hydroxyl groups excluding tert-OH is 4. The van der Waals surface area contributed by atoms with Crippen LogP contribution in [0.15, 0.2) is 0 Å². The third kappa shape index (κ3) is 4.77. The highest BCUT2D eigenvalue weighted by Gasteiger charge is 2.50. The Hall–Kier alpha value is -0.850. The van der Waals surface area contributed by atoms with Gasteiger partial charge in [0.15, 0.2) is 12.6 Å². The molecule has 5 N–H and O–H groups in total. The van der Waals surface area contributed by atoms with E-state index in [9.17, 15) is 25.2 Å². The van der Waals surface area contributed by atoms with E-state index < -0.39 is 73.7 Å². The number of carbonyl (C=O) groups excluding carboxylic acids is 1. The van der Waals surface area contributed by atoms with Gasteiger partial charge in [0.1, 0.15) is 30.5 Å². The minimum atomic E-state index is -1.29. The summed E-state index contributed by atoms with van der Waals surface area (Å²) >= 11 is 0. The van der Waals surface area contributed by atoms with Crippen LogP contribution in [0.4, 0.5) is 0 Å². The van der Waals surface area contributed by atoms with Gasteiger partial charge in [0.05, 0.1) is 18.8 Å². The highest BCUT2D eigenvalue weighted by molar-refractivity contribution is 5.73. The van der Waals surface area contributed by atoms with Crippen molar-refractivity contribution in [2.45, 2.75) is 82.4 Å². The van der Waals surface area contributed by atoms with Gasteiger partial charge in [0.2, 0.25) is 5.91 Å². The third-order valence-corrected chi connectivity index (χ3v) is 5.19. The molecule has 0 aromatic rings. The molecule has 2 aliphatic rings. The van der Waals surface area contributed by atoms with Crippen molar-refractivity contribution in [1.29, 1.82) is 0 Å². The van der Waals surface area contributed by atoms with Gasteiger partial charge in [0.25, 0.3) is 0 Å². The van der Waals surface area contributed by atoms with E-state index in [4.69, 9.17) is 18.9 Å². The second-order valence-electron chi connectivity index (χ2n) is 7.07. The monoisotopic (exact) mass is 393 g/mol. The summed E-state index contributed by atoms with van der Waals surface area (Å²) in [5.41, 5.74) is 0. The van der Waals surface area contributed by atoms with Gasteiger partial charge in [-0.05, 0) is 6.42 Å².